The normalized spacial score (nSPS) is 11.1. The third-order valence-corrected chi connectivity index (χ3v) is 6.28. The number of imidazole rings is 1. The molecule has 4 aromatic rings. The number of ether oxygens (including phenoxy) is 3. The molecule has 0 saturated heterocycles. The zero-order chi connectivity index (χ0) is 25.7. The summed E-state index contributed by atoms with van der Waals surface area (Å²) in [6.45, 7) is 5.55. The van der Waals surface area contributed by atoms with E-state index in [-0.39, 0.29) is 5.91 Å². The molecule has 0 spiro atoms. The third-order valence-electron chi connectivity index (χ3n) is 6.28. The first-order valence-electron chi connectivity index (χ1n) is 12.1. The molecule has 36 heavy (non-hydrogen) atoms. The summed E-state index contributed by atoms with van der Waals surface area (Å²) in [7, 11) is 4.59. The number of nitrogens with zero attached hydrogens (tertiary/aromatic N) is 2. The highest BCUT2D eigenvalue weighted by molar-refractivity contribution is 5.95. The second kappa shape index (κ2) is 11.2. The van der Waals surface area contributed by atoms with Crippen LogP contribution >= 0.6 is 0 Å². The van der Waals surface area contributed by atoms with Crippen molar-refractivity contribution in [1.29, 1.82) is 0 Å². The number of rotatable bonds is 10. The van der Waals surface area contributed by atoms with Gasteiger partial charge < -0.3 is 24.1 Å². The lowest BCUT2D eigenvalue weighted by Gasteiger charge is -2.14. The molecule has 1 heterocycles. The van der Waals surface area contributed by atoms with Crippen LogP contribution in [0.2, 0.25) is 0 Å². The van der Waals surface area contributed by atoms with E-state index in [1.165, 1.54) is 32.5 Å². The molecule has 1 aromatic heterocycles. The number of hydrogen-bond acceptors (Lipinski definition) is 5. The smallest absolute Gasteiger partial charge is 0.251 e. The zero-order valence-electron chi connectivity index (χ0n) is 21.5. The number of hydrogen-bond donors (Lipinski definition) is 1. The van der Waals surface area contributed by atoms with Crippen molar-refractivity contribution in [2.45, 2.75) is 32.7 Å². The highest BCUT2D eigenvalue weighted by Gasteiger charge is 2.17. The Labute approximate surface area is 212 Å². The Bertz CT molecular complexity index is 1320. The van der Waals surface area contributed by atoms with Gasteiger partial charge in [-0.1, -0.05) is 50.2 Å². The minimum absolute atomic E-state index is 0.221. The van der Waals surface area contributed by atoms with E-state index in [1.54, 1.807) is 12.1 Å². The van der Waals surface area contributed by atoms with E-state index in [4.69, 9.17) is 19.2 Å². The molecule has 0 aliphatic heterocycles. The SMILES string of the molecule is COc1cc(C(=O)NCCc2nc3ccccc3n2Cc2ccc(C(C)C)cc2)cc(OC)c1OC. The first-order valence-corrected chi connectivity index (χ1v) is 12.1. The number of carbonyl (C=O) groups excluding carboxylic acids is 1. The number of nitrogens with one attached hydrogen (secondary N) is 1. The Hall–Kier alpha value is -4.00. The van der Waals surface area contributed by atoms with Crippen LogP contribution in [-0.2, 0) is 13.0 Å². The molecular formula is C29H33N3O4. The van der Waals surface area contributed by atoms with Gasteiger partial charge in [0.25, 0.3) is 5.91 Å². The third kappa shape index (κ3) is 5.30. The average Bonchev–Trinajstić information content (AvgIpc) is 3.24. The molecular weight excluding hydrogens is 454 g/mol. The van der Waals surface area contributed by atoms with Crippen molar-refractivity contribution < 1.29 is 19.0 Å². The molecule has 7 heteroatoms. The molecule has 7 nitrogen and oxygen atoms in total. The molecule has 0 atom stereocenters. The fraction of sp³-hybridized carbons (Fsp3) is 0.310. The maximum atomic E-state index is 12.9. The minimum atomic E-state index is -0.221. The van der Waals surface area contributed by atoms with Crippen LogP contribution in [0.5, 0.6) is 17.2 Å². The van der Waals surface area contributed by atoms with Crippen LogP contribution in [0, 0.1) is 0 Å². The van der Waals surface area contributed by atoms with E-state index in [2.05, 4.69) is 54.1 Å². The summed E-state index contributed by atoms with van der Waals surface area (Å²) in [5.74, 6) is 2.53. The van der Waals surface area contributed by atoms with Crippen molar-refractivity contribution in [3.63, 3.8) is 0 Å². The van der Waals surface area contributed by atoms with Crippen LogP contribution in [0.3, 0.4) is 0 Å². The Kier molecular flexibility index (Phi) is 7.78. The summed E-state index contributed by atoms with van der Waals surface area (Å²) >= 11 is 0. The van der Waals surface area contributed by atoms with Crippen LogP contribution in [0.15, 0.2) is 60.7 Å². The van der Waals surface area contributed by atoms with Crippen molar-refractivity contribution in [3.8, 4) is 17.2 Å². The van der Waals surface area contributed by atoms with Crippen molar-refractivity contribution in [2.75, 3.05) is 27.9 Å². The van der Waals surface area contributed by atoms with Gasteiger partial charge in [0.15, 0.2) is 11.5 Å². The fourth-order valence-electron chi connectivity index (χ4n) is 4.29. The molecule has 188 valence electrons. The molecule has 0 aliphatic carbocycles. The number of amides is 1. The quantitative estimate of drug-likeness (QED) is 0.333. The van der Waals surface area contributed by atoms with Crippen molar-refractivity contribution in [1.82, 2.24) is 14.9 Å². The van der Waals surface area contributed by atoms with Gasteiger partial charge in [0.05, 0.1) is 32.4 Å². The van der Waals surface area contributed by atoms with Gasteiger partial charge in [-0.3, -0.25) is 4.79 Å². The summed E-state index contributed by atoms with van der Waals surface area (Å²) in [4.78, 5) is 17.8. The van der Waals surface area contributed by atoms with Crippen molar-refractivity contribution >= 4 is 16.9 Å². The topological polar surface area (TPSA) is 74.6 Å². The summed E-state index contributed by atoms with van der Waals surface area (Å²) < 4.78 is 18.3. The number of para-hydroxylation sites is 2. The van der Waals surface area contributed by atoms with Gasteiger partial charge in [0.2, 0.25) is 5.75 Å². The van der Waals surface area contributed by atoms with E-state index in [0.29, 0.717) is 41.7 Å². The van der Waals surface area contributed by atoms with Crippen LogP contribution in [0.25, 0.3) is 11.0 Å². The molecule has 3 aromatic carbocycles. The van der Waals surface area contributed by atoms with E-state index in [9.17, 15) is 4.79 Å². The lowest BCUT2D eigenvalue weighted by atomic mass is 10.0. The monoisotopic (exact) mass is 487 g/mol. The standard InChI is InChI=1S/C29H33N3O4/c1-19(2)21-12-10-20(11-13-21)18-32-24-9-7-6-8-23(24)31-27(32)14-15-30-29(33)22-16-25(34-3)28(36-5)26(17-22)35-4/h6-13,16-17,19H,14-15,18H2,1-5H3,(H,30,33). The van der Waals surface area contributed by atoms with E-state index < -0.39 is 0 Å². The van der Waals surface area contributed by atoms with Gasteiger partial charge in [0, 0.05) is 25.1 Å². The molecule has 1 amide bonds. The maximum absolute atomic E-state index is 12.9. The first-order chi connectivity index (χ1) is 17.4. The summed E-state index contributed by atoms with van der Waals surface area (Å²) in [5, 5.41) is 3.00. The lowest BCUT2D eigenvalue weighted by Crippen LogP contribution is -2.26. The van der Waals surface area contributed by atoms with Gasteiger partial charge in [-0.25, -0.2) is 4.98 Å². The van der Waals surface area contributed by atoms with E-state index in [0.717, 1.165) is 23.4 Å². The molecule has 0 bridgehead atoms. The Morgan fingerprint density at radius 1 is 0.944 bits per heavy atom. The number of aromatic nitrogens is 2. The Balaban J connectivity index is 1.51. The zero-order valence-corrected chi connectivity index (χ0v) is 21.5. The van der Waals surface area contributed by atoms with Gasteiger partial charge in [-0.05, 0) is 41.3 Å². The average molecular weight is 488 g/mol. The van der Waals surface area contributed by atoms with Gasteiger partial charge in [0.1, 0.15) is 5.82 Å². The molecule has 4 rings (SSSR count). The molecule has 0 fully saturated rings. The van der Waals surface area contributed by atoms with Crippen LogP contribution < -0.4 is 19.5 Å². The van der Waals surface area contributed by atoms with Gasteiger partial charge in [-0.2, -0.15) is 0 Å². The van der Waals surface area contributed by atoms with E-state index in [1.807, 2.05) is 18.2 Å². The number of methoxy groups -OCH3 is 3. The highest BCUT2D eigenvalue weighted by Crippen LogP contribution is 2.38. The lowest BCUT2D eigenvalue weighted by molar-refractivity contribution is 0.0953. The summed E-state index contributed by atoms with van der Waals surface area (Å²) in [6.07, 6.45) is 0.592. The number of fused-ring (bicyclic) bond motifs is 1. The highest BCUT2D eigenvalue weighted by atomic mass is 16.5. The van der Waals surface area contributed by atoms with E-state index >= 15 is 0 Å². The maximum Gasteiger partial charge on any atom is 0.251 e. The first kappa shape index (κ1) is 25.1. The predicted molar refractivity (Wildman–Crippen MR) is 142 cm³/mol. The fourth-order valence-corrected chi connectivity index (χ4v) is 4.29. The molecule has 0 unspecified atom stereocenters. The van der Waals surface area contributed by atoms with Gasteiger partial charge >= 0.3 is 0 Å². The van der Waals surface area contributed by atoms with Crippen LogP contribution in [-0.4, -0.2) is 43.3 Å². The van der Waals surface area contributed by atoms with Crippen LogP contribution in [0.4, 0.5) is 0 Å². The Morgan fingerprint density at radius 2 is 1.61 bits per heavy atom. The number of benzene rings is 3. The molecule has 0 saturated carbocycles. The second-order valence-electron chi connectivity index (χ2n) is 8.92. The summed E-state index contributed by atoms with van der Waals surface area (Å²) in [6, 6.07) is 20.2. The van der Waals surface area contributed by atoms with Crippen molar-refractivity contribution in [2.24, 2.45) is 0 Å². The summed E-state index contributed by atoms with van der Waals surface area (Å²) in [5.41, 5.74) is 5.00. The minimum Gasteiger partial charge on any atom is -0.493 e. The predicted octanol–water partition coefficient (Wildman–Crippen LogP) is 5.21. The molecule has 1 N–H and O–H groups in total. The van der Waals surface area contributed by atoms with Crippen molar-refractivity contribution in [3.05, 3.63) is 83.2 Å². The largest absolute Gasteiger partial charge is 0.493 e. The number of carbonyl (C=O) groups is 1. The Morgan fingerprint density at radius 3 is 2.22 bits per heavy atom. The molecule has 0 aliphatic rings. The molecule has 0 radical (unpaired) electrons. The second-order valence-corrected chi connectivity index (χ2v) is 8.92. The van der Waals surface area contributed by atoms with Gasteiger partial charge in [-0.15, -0.1) is 0 Å². The van der Waals surface area contributed by atoms with Crippen LogP contribution in [0.1, 0.15) is 47.1 Å².